The van der Waals surface area contributed by atoms with Gasteiger partial charge in [-0.05, 0) is 48.4 Å². The fourth-order valence-electron chi connectivity index (χ4n) is 3.55. The zero-order valence-corrected chi connectivity index (χ0v) is 20.7. The second-order valence-corrected chi connectivity index (χ2v) is 8.80. The van der Waals surface area contributed by atoms with Gasteiger partial charge in [0, 0.05) is 0 Å². The maximum atomic E-state index is 13.0. The Bertz CT molecular complexity index is 1290. The molecule has 4 rings (SSSR count). The maximum absolute atomic E-state index is 13.0. The lowest BCUT2D eigenvalue weighted by Gasteiger charge is -2.12. The predicted molar refractivity (Wildman–Crippen MR) is 136 cm³/mol. The molecule has 0 spiro atoms. The van der Waals surface area contributed by atoms with Gasteiger partial charge in [-0.25, -0.2) is 0 Å². The van der Waals surface area contributed by atoms with Crippen LogP contribution < -0.4 is 14.2 Å². The highest BCUT2D eigenvalue weighted by Gasteiger charge is 2.18. The van der Waals surface area contributed by atoms with Gasteiger partial charge in [0.05, 0.1) is 32.1 Å². The van der Waals surface area contributed by atoms with E-state index in [2.05, 4.69) is 10.2 Å². The fourth-order valence-corrected chi connectivity index (χ4v) is 4.39. The minimum absolute atomic E-state index is 0.0856. The Balaban J connectivity index is 1.54. The first-order chi connectivity index (χ1) is 17.1. The van der Waals surface area contributed by atoms with E-state index in [0.717, 1.165) is 16.9 Å². The molecule has 0 amide bonds. The van der Waals surface area contributed by atoms with E-state index in [-0.39, 0.29) is 18.1 Å². The SMILES string of the molecule is COc1ccc(OC)c(C(=O)CSc2nnc(COc3cccc(C)c3)n2Cc2ccccc2)c1. The maximum Gasteiger partial charge on any atom is 0.192 e. The third-order valence-electron chi connectivity index (χ3n) is 5.37. The summed E-state index contributed by atoms with van der Waals surface area (Å²) in [6.07, 6.45) is 0. The van der Waals surface area contributed by atoms with Crippen molar-refractivity contribution in [1.29, 1.82) is 0 Å². The van der Waals surface area contributed by atoms with Crippen LogP contribution in [-0.2, 0) is 13.2 Å². The Kier molecular flexibility index (Phi) is 8.05. The number of aryl methyl sites for hydroxylation is 1. The Morgan fingerprint density at radius 3 is 2.49 bits per heavy atom. The second-order valence-electron chi connectivity index (χ2n) is 7.85. The number of carbonyl (C=O) groups is 1. The smallest absolute Gasteiger partial charge is 0.192 e. The normalized spacial score (nSPS) is 10.7. The van der Waals surface area contributed by atoms with E-state index in [1.54, 1.807) is 32.4 Å². The van der Waals surface area contributed by atoms with E-state index in [1.165, 1.54) is 11.8 Å². The van der Waals surface area contributed by atoms with Crippen LogP contribution in [0, 0.1) is 6.92 Å². The number of ketones is 1. The molecule has 0 unspecified atom stereocenters. The van der Waals surface area contributed by atoms with Crippen LogP contribution in [0.4, 0.5) is 0 Å². The van der Waals surface area contributed by atoms with Crippen molar-refractivity contribution in [1.82, 2.24) is 14.8 Å². The molecule has 0 aliphatic heterocycles. The number of benzene rings is 3. The molecule has 1 heterocycles. The molecule has 7 nitrogen and oxygen atoms in total. The van der Waals surface area contributed by atoms with Gasteiger partial charge in [-0.3, -0.25) is 9.36 Å². The summed E-state index contributed by atoms with van der Waals surface area (Å²) in [4.78, 5) is 13.0. The summed E-state index contributed by atoms with van der Waals surface area (Å²) in [6, 6.07) is 23.1. The Hall–Kier alpha value is -3.78. The number of ether oxygens (including phenoxy) is 3. The summed E-state index contributed by atoms with van der Waals surface area (Å²) >= 11 is 1.33. The zero-order valence-electron chi connectivity index (χ0n) is 19.9. The van der Waals surface area contributed by atoms with Crippen LogP contribution in [0.25, 0.3) is 0 Å². The fraction of sp³-hybridized carbons (Fsp3) is 0.222. The van der Waals surface area contributed by atoms with Crippen molar-refractivity contribution >= 4 is 17.5 Å². The lowest BCUT2D eigenvalue weighted by molar-refractivity contribution is 0.101. The molecule has 4 aromatic rings. The largest absolute Gasteiger partial charge is 0.497 e. The number of nitrogens with zero attached hydrogens (tertiary/aromatic N) is 3. The minimum atomic E-state index is -0.0856. The molecule has 0 aliphatic carbocycles. The number of hydrogen-bond acceptors (Lipinski definition) is 7. The summed E-state index contributed by atoms with van der Waals surface area (Å²) in [6.45, 7) is 2.86. The van der Waals surface area contributed by atoms with Crippen molar-refractivity contribution in [3.8, 4) is 17.2 Å². The first kappa shape index (κ1) is 24.3. The standard InChI is InChI=1S/C27H27N3O4S/c1-19-8-7-11-22(14-19)34-17-26-28-29-27(30(26)16-20-9-5-4-6-10-20)35-18-24(31)23-15-21(32-2)12-13-25(23)33-3/h4-15H,16-18H2,1-3H3. The molecule has 8 heteroatoms. The Labute approximate surface area is 209 Å². The molecule has 35 heavy (non-hydrogen) atoms. The number of rotatable bonds is 11. The summed E-state index contributed by atoms with van der Waals surface area (Å²) in [7, 11) is 3.11. The average Bonchev–Trinajstić information content (AvgIpc) is 3.27. The van der Waals surface area contributed by atoms with E-state index in [1.807, 2.05) is 66.1 Å². The third-order valence-corrected chi connectivity index (χ3v) is 6.34. The third kappa shape index (κ3) is 6.22. The van der Waals surface area contributed by atoms with Gasteiger partial charge in [0.2, 0.25) is 0 Å². The van der Waals surface area contributed by atoms with Crippen LogP contribution in [0.1, 0.15) is 27.3 Å². The number of methoxy groups -OCH3 is 2. The minimum Gasteiger partial charge on any atom is -0.497 e. The Morgan fingerprint density at radius 1 is 0.914 bits per heavy atom. The molecule has 1 aromatic heterocycles. The van der Waals surface area contributed by atoms with Gasteiger partial charge >= 0.3 is 0 Å². The molecule has 0 N–H and O–H groups in total. The van der Waals surface area contributed by atoms with Crippen molar-refractivity contribution in [2.24, 2.45) is 0 Å². The molecule has 3 aromatic carbocycles. The van der Waals surface area contributed by atoms with Crippen LogP contribution in [-0.4, -0.2) is 40.5 Å². The van der Waals surface area contributed by atoms with Gasteiger partial charge in [0.1, 0.15) is 23.9 Å². The van der Waals surface area contributed by atoms with Gasteiger partial charge in [-0.2, -0.15) is 0 Å². The monoisotopic (exact) mass is 489 g/mol. The van der Waals surface area contributed by atoms with Gasteiger partial charge in [-0.1, -0.05) is 54.2 Å². The van der Waals surface area contributed by atoms with Crippen LogP contribution >= 0.6 is 11.8 Å². The number of carbonyl (C=O) groups excluding carboxylic acids is 1. The highest BCUT2D eigenvalue weighted by atomic mass is 32.2. The molecule has 0 fully saturated rings. The van der Waals surface area contributed by atoms with Gasteiger partial charge < -0.3 is 14.2 Å². The summed E-state index contributed by atoms with van der Waals surface area (Å²) in [5, 5.41) is 9.39. The summed E-state index contributed by atoms with van der Waals surface area (Å²) in [5.74, 6) is 2.65. The van der Waals surface area contributed by atoms with E-state index in [9.17, 15) is 4.79 Å². The lowest BCUT2D eigenvalue weighted by atomic mass is 10.1. The number of aromatic nitrogens is 3. The molecule has 0 saturated carbocycles. The topological polar surface area (TPSA) is 75.5 Å². The highest BCUT2D eigenvalue weighted by molar-refractivity contribution is 7.99. The van der Waals surface area contributed by atoms with Gasteiger partial charge in [0.15, 0.2) is 16.8 Å². The molecule has 180 valence electrons. The summed E-state index contributed by atoms with van der Waals surface area (Å²) in [5.41, 5.74) is 2.69. The first-order valence-electron chi connectivity index (χ1n) is 11.1. The van der Waals surface area contributed by atoms with Crippen LogP contribution in [0.2, 0.25) is 0 Å². The number of hydrogen-bond donors (Lipinski definition) is 0. The van der Waals surface area contributed by atoms with E-state index in [0.29, 0.717) is 34.6 Å². The van der Waals surface area contributed by atoms with E-state index < -0.39 is 0 Å². The number of thioether (sulfide) groups is 1. The lowest BCUT2D eigenvalue weighted by Crippen LogP contribution is -2.11. The second kappa shape index (κ2) is 11.6. The van der Waals surface area contributed by atoms with Crippen molar-refractivity contribution in [2.75, 3.05) is 20.0 Å². The molecular formula is C27H27N3O4S. The Morgan fingerprint density at radius 2 is 1.74 bits per heavy atom. The van der Waals surface area contributed by atoms with E-state index >= 15 is 0 Å². The quantitative estimate of drug-likeness (QED) is 0.212. The molecule has 0 bridgehead atoms. The summed E-state index contributed by atoms with van der Waals surface area (Å²) < 4.78 is 18.6. The van der Waals surface area contributed by atoms with Crippen molar-refractivity contribution in [3.63, 3.8) is 0 Å². The van der Waals surface area contributed by atoms with Crippen LogP contribution in [0.3, 0.4) is 0 Å². The van der Waals surface area contributed by atoms with Crippen molar-refractivity contribution in [2.45, 2.75) is 25.2 Å². The van der Waals surface area contributed by atoms with E-state index in [4.69, 9.17) is 14.2 Å². The number of Topliss-reactive ketones (excluding diaryl/α,β-unsaturated/α-hetero) is 1. The highest BCUT2D eigenvalue weighted by Crippen LogP contribution is 2.27. The van der Waals surface area contributed by atoms with Gasteiger partial charge in [-0.15, -0.1) is 10.2 Å². The molecule has 0 atom stereocenters. The average molecular weight is 490 g/mol. The molecule has 0 aliphatic rings. The van der Waals surface area contributed by atoms with Crippen molar-refractivity contribution in [3.05, 3.63) is 95.3 Å². The van der Waals surface area contributed by atoms with Crippen LogP contribution in [0.15, 0.2) is 78.0 Å². The molecule has 0 radical (unpaired) electrons. The van der Waals surface area contributed by atoms with Crippen molar-refractivity contribution < 1.29 is 19.0 Å². The molecular weight excluding hydrogens is 462 g/mol. The predicted octanol–water partition coefficient (Wildman–Crippen LogP) is 5.21. The van der Waals surface area contributed by atoms with Crippen LogP contribution in [0.5, 0.6) is 17.2 Å². The molecule has 0 saturated heterocycles. The van der Waals surface area contributed by atoms with Gasteiger partial charge in [0.25, 0.3) is 0 Å². The first-order valence-corrected chi connectivity index (χ1v) is 12.1. The zero-order chi connectivity index (χ0) is 24.6.